The Morgan fingerprint density at radius 1 is 1.18 bits per heavy atom. The molecule has 100 valence electrons. The van der Waals surface area contributed by atoms with E-state index in [-0.39, 0.29) is 17.8 Å². The number of sulfonamides is 1. The zero-order chi connectivity index (χ0) is 12.3. The summed E-state index contributed by atoms with van der Waals surface area (Å²) in [5, 5.41) is 3.32. The lowest BCUT2D eigenvalue weighted by molar-refractivity contribution is 0.266. The molecule has 0 aromatic carbocycles. The Kier molecular flexibility index (Phi) is 4.44. The van der Waals surface area contributed by atoms with Gasteiger partial charge in [0.15, 0.2) is 0 Å². The minimum atomic E-state index is -3.06. The fourth-order valence-electron chi connectivity index (χ4n) is 2.90. The van der Waals surface area contributed by atoms with Gasteiger partial charge in [0.2, 0.25) is 10.0 Å². The fraction of sp³-hybridized carbons (Fsp3) is 1.00. The van der Waals surface area contributed by atoms with Crippen molar-refractivity contribution in [3.63, 3.8) is 0 Å². The van der Waals surface area contributed by atoms with Crippen LogP contribution in [0.1, 0.15) is 45.4 Å². The van der Waals surface area contributed by atoms with Crippen molar-refractivity contribution in [1.82, 2.24) is 9.62 Å². The Morgan fingerprint density at radius 2 is 1.94 bits per heavy atom. The van der Waals surface area contributed by atoms with Gasteiger partial charge in [-0.3, -0.25) is 0 Å². The van der Waals surface area contributed by atoms with Gasteiger partial charge in [0.1, 0.15) is 0 Å². The van der Waals surface area contributed by atoms with Crippen molar-refractivity contribution >= 4 is 10.0 Å². The smallest absolute Gasteiger partial charge is 0.215 e. The van der Waals surface area contributed by atoms with E-state index in [4.69, 9.17) is 0 Å². The third kappa shape index (κ3) is 3.42. The molecule has 0 amide bonds. The van der Waals surface area contributed by atoms with Gasteiger partial charge in [-0.15, -0.1) is 0 Å². The molecule has 2 unspecified atom stereocenters. The first-order chi connectivity index (χ1) is 8.09. The first-order valence-corrected chi connectivity index (χ1v) is 8.43. The Hall–Kier alpha value is -0.130. The van der Waals surface area contributed by atoms with Crippen molar-refractivity contribution in [2.24, 2.45) is 0 Å². The molecular formula is C12H24N2O2S. The van der Waals surface area contributed by atoms with Crippen LogP contribution in [0.15, 0.2) is 0 Å². The van der Waals surface area contributed by atoms with Crippen LogP contribution in [0.25, 0.3) is 0 Å². The van der Waals surface area contributed by atoms with Gasteiger partial charge >= 0.3 is 0 Å². The summed E-state index contributed by atoms with van der Waals surface area (Å²) in [5.74, 6) is 0.289. The van der Waals surface area contributed by atoms with E-state index in [0.717, 1.165) is 45.2 Å². The topological polar surface area (TPSA) is 49.4 Å². The van der Waals surface area contributed by atoms with Crippen LogP contribution < -0.4 is 5.32 Å². The van der Waals surface area contributed by atoms with Crippen molar-refractivity contribution < 1.29 is 8.42 Å². The lowest BCUT2D eigenvalue weighted by Gasteiger charge is -2.34. The zero-order valence-electron chi connectivity index (χ0n) is 10.7. The van der Waals surface area contributed by atoms with Crippen LogP contribution in [0, 0.1) is 0 Å². The first-order valence-electron chi connectivity index (χ1n) is 6.82. The summed E-state index contributed by atoms with van der Waals surface area (Å²) in [6.45, 7) is 3.72. The van der Waals surface area contributed by atoms with Crippen LogP contribution in [-0.2, 0) is 10.0 Å². The maximum absolute atomic E-state index is 12.4. The zero-order valence-corrected chi connectivity index (χ0v) is 11.5. The van der Waals surface area contributed by atoms with Gasteiger partial charge in [0.25, 0.3) is 0 Å². The quantitative estimate of drug-likeness (QED) is 0.833. The first kappa shape index (κ1) is 13.3. The van der Waals surface area contributed by atoms with Crippen molar-refractivity contribution in [1.29, 1.82) is 0 Å². The van der Waals surface area contributed by atoms with Crippen LogP contribution in [0.5, 0.6) is 0 Å². The molecule has 2 fully saturated rings. The average Bonchev–Trinajstić information content (AvgIpc) is 2.30. The lowest BCUT2D eigenvalue weighted by Crippen LogP contribution is -2.48. The summed E-state index contributed by atoms with van der Waals surface area (Å²) in [6.07, 6.45) is 6.52. The van der Waals surface area contributed by atoms with E-state index >= 15 is 0 Å². The van der Waals surface area contributed by atoms with E-state index in [1.54, 1.807) is 4.31 Å². The van der Waals surface area contributed by atoms with Gasteiger partial charge in [-0.1, -0.05) is 12.8 Å². The lowest BCUT2D eigenvalue weighted by atomic mass is 10.1. The van der Waals surface area contributed by atoms with E-state index in [1.165, 1.54) is 6.42 Å². The van der Waals surface area contributed by atoms with E-state index in [2.05, 4.69) is 5.32 Å². The summed E-state index contributed by atoms with van der Waals surface area (Å²) >= 11 is 0. The number of piperidine rings is 2. The standard InChI is InChI=1S/C12H24N2O2S/c1-11-6-3-5-9-14(11)17(15,16)10-12-7-2-4-8-13-12/h11-13H,2-10H2,1H3. The molecule has 0 aliphatic carbocycles. The number of nitrogens with one attached hydrogen (secondary N) is 1. The van der Waals surface area contributed by atoms with Gasteiger partial charge in [-0.25, -0.2) is 8.42 Å². The third-order valence-corrected chi connectivity index (χ3v) is 6.00. The second kappa shape index (κ2) is 5.67. The molecule has 5 heteroatoms. The highest BCUT2D eigenvalue weighted by Crippen LogP contribution is 2.21. The van der Waals surface area contributed by atoms with Crippen molar-refractivity contribution in [3.8, 4) is 0 Å². The van der Waals surface area contributed by atoms with Crippen molar-refractivity contribution in [2.45, 2.75) is 57.5 Å². The van der Waals surface area contributed by atoms with Gasteiger partial charge in [0, 0.05) is 18.6 Å². The molecule has 0 spiro atoms. The van der Waals surface area contributed by atoms with Crippen LogP contribution in [0.2, 0.25) is 0 Å². The molecule has 1 N–H and O–H groups in total. The SMILES string of the molecule is CC1CCCCN1S(=O)(=O)CC1CCCCN1. The maximum Gasteiger partial charge on any atom is 0.215 e. The van der Waals surface area contributed by atoms with Crippen LogP contribution in [-0.4, -0.2) is 43.6 Å². The Morgan fingerprint density at radius 3 is 2.59 bits per heavy atom. The highest BCUT2D eigenvalue weighted by atomic mass is 32.2. The monoisotopic (exact) mass is 260 g/mol. The molecule has 17 heavy (non-hydrogen) atoms. The van der Waals surface area contributed by atoms with Crippen LogP contribution in [0.3, 0.4) is 0 Å². The maximum atomic E-state index is 12.4. The summed E-state index contributed by atoms with van der Waals surface area (Å²) in [6, 6.07) is 0.361. The minimum absolute atomic E-state index is 0.169. The molecule has 2 aliphatic heterocycles. The highest BCUT2D eigenvalue weighted by Gasteiger charge is 2.31. The van der Waals surface area contributed by atoms with E-state index < -0.39 is 10.0 Å². The Labute approximate surface area is 105 Å². The van der Waals surface area contributed by atoms with E-state index in [9.17, 15) is 8.42 Å². The molecule has 4 nitrogen and oxygen atoms in total. The van der Waals surface area contributed by atoms with E-state index in [0.29, 0.717) is 0 Å². The summed E-state index contributed by atoms with van der Waals surface area (Å²) in [5.41, 5.74) is 0. The third-order valence-electron chi connectivity index (χ3n) is 3.92. The number of hydrogen-bond acceptors (Lipinski definition) is 3. The molecule has 2 heterocycles. The van der Waals surface area contributed by atoms with Crippen LogP contribution in [0.4, 0.5) is 0 Å². The van der Waals surface area contributed by atoms with Gasteiger partial charge < -0.3 is 5.32 Å². The number of nitrogens with zero attached hydrogens (tertiary/aromatic N) is 1. The molecule has 2 rings (SSSR count). The molecule has 0 aromatic rings. The average molecular weight is 260 g/mol. The summed E-state index contributed by atoms with van der Waals surface area (Å²) in [4.78, 5) is 0. The molecule has 0 radical (unpaired) electrons. The molecule has 0 bridgehead atoms. The normalized spacial score (nSPS) is 32.5. The minimum Gasteiger partial charge on any atom is -0.313 e. The molecule has 0 saturated carbocycles. The Balaban J connectivity index is 1.96. The van der Waals surface area contributed by atoms with Crippen LogP contribution >= 0.6 is 0 Å². The summed E-state index contributed by atoms with van der Waals surface area (Å²) < 4.78 is 26.4. The second-order valence-corrected chi connectivity index (χ2v) is 7.35. The molecule has 2 atom stereocenters. The number of hydrogen-bond donors (Lipinski definition) is 1. The largest absolute Gasteiger partial charge is 0.313 e. The molecule has 2 saturated heterocycles. The second-order valence-electron chi connectivity index (χ2n) is 5.38. The fourth-order valence-corrected chi connectivity index (χ4v) is 4.95. The van der Waals surface area contributed by atoms with Gasteiger partial charge in [-0.2, -0.15) is 4.31 Å². The Bertz CT molecular complexity index is 336. The van der Waals surface area contributed by atoms with Gasteiger partial charge in [-0.05, 0) is 39.2 Å². The summed E-state index contributed by atoms with van der Waals surface area (Å²) in [7, 11) is -3.06. The van der Waals surface area contributed by atoms with Gasteiger partial charge in [0.05, 0.1) is 5.75 Å². The molecular weight excluding hydrogens is 236 g/mol. The predicted octanol–water partition coefficient (Wildman–Crippen LogP) is 1.33. The molecule has 2 aliphatic rings. The van der Waals surface area contributed by atoms with E-state index in [1.807, 2.05) is 6.92 Å². The molecule has 0 aromatic heterocycles. The van der Waals surface area contributed by atoms with Crippen molar-refractivity contribution in [2.75, 3.05) is 18.8 Å². The number of rotatable bonds is 3. The predicted molar refractivity (Wildman–Crippen MR) is 69.4 cm³/mol. The highest BCUT2D eigenvalue weighted by molar-refractivity contribution is 7.89. The van der Waals surface area contributed by atoms with Crippen molar-refractivity contribution in [3.05, 3.63) is 0 Å².